The summed E-state index contributed by atoms with van der Waals surface area (Å²) < 4.78 is 5.62. The number of ether oxygens (including phenoxy) is 1. The first-order chi connectivity index (χ1) is 8.31. The minimum Gasteiger partial charge on any atom is -0.379 e. The molecule has 4 heteroatoms. The SMILES string of the molecule is CN(CCOCC1CC1)c1ncccc1CN. The van der Waals surface area contributed by atoms with Crippen molar-refractivity contribution in [2.24, 2.45) is 11.7 Å². The molecule has 4 nitrogen and oxygen atoms in total. The fourth-order valence-electron chi connectivity index (χ4n) is 1.78. The van der Waals surface area contributed by atoms with Crippen molar-refractivity contribution in [3.05, 3.63) is 23.9 Å². The lowest BCUT2D eigenvalue weighted by Crippen LogP contribution is -2.25. The molecule has 1 aromatic rings. The summed E-state index contributed by atoms with van der Waals surface area (Å²) in [6, 6.07) is 3.94. The Morgan fingerprint density at radius 3 is 3.06 bits per heavy atom. The number of likely N-dealkylation sites (N-methyl/N-ethyl adjacent to an activating group) is 1. The smallest absolute Gasteiger partial charge is 0.132 e. The van der Waals surface area contributed by atoms with E-state index < -0.39 is 0 Å². The van der Waals surface area contributed by atoms with Crippen LogP contribution >= 0.6 is 0 Å². The van der Waals surface area contributed by atoms with Crippen molar-refractivity contribution in [1.29, 1.82) is 0 Å². The fourth-order valence-corrected chi connectivity index (χ4v) is 1.78. The quantitative estimate of drug-likeness (QED) is 0.726. The average Bonchev–Trinajstić information content (AvgIpc) is 3.18. The van der Waals surface area contributed by atoms with Gasteiger partial charge >= 0.3 is 0 Å². The summed E-state index contributed by atoms with van der Waals surface area (Å²) in [4.78, 5) is 6.47. The summed E-state index contributed by atoms with van der Waals surface area (Å²) >= 11 is 0. The third kappa shape index (κ3) is 3.68. The van der Waals surface area contributed by atoms with Gasteiger partial charge in [0.15, 0.2) is 0 Å². The highest BCUT2D eigenvalue weighted by molar-refractivity contribution is 5.45. The predicted octanol–water partition coefficient (Wildman–Crippen LogP) is 1.40. The molecule has 17 heavy (non-hydrogen) atoms. The maximum atomic E-state index is 5.69. The van der Waals surface area contributed by atoms with Gasteiger partial charge in [0, 0.05) is 38.5 Å². The van der Waals surface area contributed by atoms with E-state index >= 15 is 0 Å². The Balaban J connectivity index is 1.78. The molecule has 1 aliphatic rings. The van der Waals surface area contributed by atoms with E-state index in [1.165, 1.54) is 12.8 Å². The molecule has 94 valence electrons. The molecular weight excluding hydrogens is 214 g/mol. The molecule has 0 radical (unpaired) electrons. The molecule has 1 aromatic heterocycles. The second-order valence-corrected chi connectivity index (χ2v) is 4.63. The predicted molar refractivity (Wildman–Crippen MR) is 68.9 cm³/mol. The summed E-state index contributed by atoms with van der Waals surface area (Å²) in [6.07, 6.45) is 4.48. The van der Waals surface area contributed by atoms with Crippen LogP contribution in [-0.4, -0.2) is 31.8 Å². The second-order valence-electron chi connectivity index (χ2n) is 4.63. The molecule has 0 atom stereocenters. The maximum Gasteiger partial charge on any atom is 0.132 e. The Bertz CT molecular complexity index is 352. The first-order valence-corrected chi connectivity index (χ1v) is 6.24. The molecule has 0 amide bonds. The number of anilines is 1. The normalized spacial score (nSPS) is 14.9. The number of hydrogen-bond acceptors (Lipinski definition) is 4. The van der Waals surface area contributed by atoms with Crippen LogP contribution in [0.25, 0.3) is 0 Å². The van der Waals surface area contributed by atoms with Crippen molar-refractivity contribution in [3.63, 3.8) is 0 Å². The van der Waals surface area contributed by atoms with Crippen LogP contribution in [0.4, 0.5) is 5.82 Å². The van der Waals surface area contributed by atoms with Crippen molar-refractivity contribution in [3.8, 4) is 0 Å². The zero-order valence-corrected chi connectivity index (χ0v) is 10.4. The Hall–Kier alpha value is -1.13. The number of nitrogens with zero attached hydrogens (tertiary/aromatic N) is 2. The molecule has 2 N–H and O–H groups in total. The minimum absolute atomic E-state index is 0.524. The molecule has 0 saturated heterocycles. The van der Waals surface area contributed by atoms with Crippen molar-refractivity contribution >= 4 is 5.82 Å². The molecule has 0 spiro atoms. The molecule has 1 saturated carbocycles. The topological polar surface area (TPSA) is 51.4 Å². The lowest BCUT2D eigenvalue weighted by molar-refractivity contribution is 0.130. The summed E-state index contributed by atoms with van der Waals surface area (Å²) in [5, 5.41) is 0. The minimum atomic E-state index is 0.524. The number of hydrogen-bond donors (Lipinski definition) is 1. The highest BCUT2D eigenvalue weighted by atomic mass is 16.5. The molecule has 0 aliphatic heterocycles. The molecule has 2 rings (SSSR count). The summed E-state index contributed by atoms with van der Waals surface area (Å²) in [7, 11) is 2.03. The van der Waals surface area contributed by atoms with Crippen LogP contribution in [0.1, 0.15) is 18.4 Å². The van der Waals surface area contributed by atoms with E-state index in [1.54, 1.807) is 6.20 Å². The molecule has 0 bridgehead atoms. The van der Waals surface area contributed by atoms with Gasteiger partial charge in [-0.1, -0.05) is 6.07 Å². The third-order valence-corrected chi connectivity index (χ3v) is 3.07. The van der Waals surface area contributed by atoms with E-state index in [0.29, 0.717) is 6.54 Å². The zero-order valence-electron chi connectivity index (χ0n) is 10.4. The summed E-state index contributed by atoms with van der Waals surface area (Å²) in [5.41, 5.74) is 6.77. The lowest BCUT2D eigenvalue weighted by atomic mass is 10.2. The monoisotopic (exact) mass is 235 g/mol. The third-order valence-electron chi connectivity index (χ3n) is 3.07. The van der Waals surface area contributed by atoms with Crippen LogP contribution in [0.5, 0.6) is 0 Å². The van der Waals surface area contributed by atoms with Gasteiger partial charge in [-0.05, 0) is 24.8 Å². The van der Waals surface area contributed by atoms with Crippen LogP contribution in [0, 0.1) is 5.92 Å². The van der Waals surface area contributed by atoms with E-state index in [0.717, 1.165) is 37.1 Å². The van der Waals surface area contributed by atoms with Crippen molar-refractivity contribution in [2.75, 3.05) is 31.7 Å². The van der Waals surface area contributed by atoms with Gasteiger partial charge in [0.2, 0.25) is 0 Å². The number of rotatable bonds is 7. The van der Waals surface area contributed by atoms with Gasteiger partial charge in [0.25, 0.3) is 0 Å². The Labute approximate surface area is 103 Å². The first kappa shape index (κ1) is 12.3. The highest BCUT2D eigenvalue weighted by Gasteiger charge is 2.21. The van der Waals surface area contributed by atoms with Gasteiger partial charge in [-0.15, -0.1) is 0 Å². The van der Waals surface area contributed by atoms with Crippen molar-refractivity contribution in [1.82, 2.24) is 4.98 Å². The van der Waals surface area contributed by atoms with E-state index in [2.05, 4.69) is 9.88 Å². The standard InChI is InChI=1S/C13H21N3O/c1-16(7-8-17-10-11-4-5-11)13-12(9-14)3-2-6-15-13/h2-3,6,11H,4-5,7-10,14H2,1H3. The van der Waals surface area contributed by atoms with Gasteiger partial charge in [-0.25, -0.2) is 4.98 Å². The Morgan fingerprint density at radius 2 is 2.35 bits per heavy atom. The number of pyridine rings is 1. The van der Waals surface area contributed by atoms with E-state index in [9.17, 15) is 0 Å². The molecule has 0 aromatic carbocycles. The van der Waals surface area contributed by atoms with Crippen LogP contribution < -0.4 is 10.6 Å². The lowest BCUT2D eigenvalue weighted by Gasteiger charge is -2.20. The Kier molecular flexibility index (Phi) is 4.34. The van der Waals surface area contributed by atoms with Crippen LogP contribution in [0.15, 0.2) is 18.3 Å². The molecule has 0 unspecified atom stereocenters. The van der Waals surface area contributed by atoms with Crippen molar-refractivity contribution in [2.45, 2.75) is 19.4 Å². The number of nitrogens with two attached hydrogens (primary N) is 1. The second kappa shape index (κ2) is 5.98. The van der Waals surface area contributed by atoms with Gasteiger partial charge in [-0.3, -0.25) is 0 Å². The van der Waals surface area contributed by atoms with E-state index in [-0.39, 0.29) is 0 Å². The first-order valence-electron chi connectivity index (χ1n) is 6.24. The van der Waals surface area contributed by atoms with E-state index in [4.69, 9.17) is 10.5 Å². The summed E-state index contributed by atoms with van der Waals surface area (Å²) in [5.74, 6) is 1.79. The van der Waals surface area contributed by atoms with Gasteiger partial charge in [0.05, 0.1) is 6.61 Å². The molecule has 1 aliphatic carbocycles. The molecule has 1 fully saturated rings. The van der Waals surface area contributed by atoms with Gasteiger partial charge < -0.3 is 15.4 Å². The highest BCUT2D eigenvalue weighted by Crippen LogP contribution is 2.28. The molecule has 1 heterocycles. The van der Waals surface area contributed by atoms with Crippen molar-refractivity contribution < 1.29 is 4.74 Å². The Morgan fingerprint density at radius 1 is 1.53 bits per heavy atom. The average molecular weight is 235 g/mol. The van der Waals surface area contributed by atoms with Crippen LogP contribution in [0.2, 0.25) is 0 Å². The number of aromatic nitrogens is 1. The summed E-state index contributed by atoms with van der Waals surface area (Å²) in [6.45, 7) is 3.06. The fraction of sp³-hybridized carbons (Fsp3) is 0.615. The largest absolute Gasteiger partial charge is 0.379 e. The maximum absolute atomic E-state index is 5.69. The van der Waals surface area contributed by atoms with Gasteiger partial charge in [-0.2, -0.15) is 0 Å². The molecular formula is C13H21N3O. The van der Waals surface area contributed by atoms with Crippen LogP contribution in [0.3, 0.4) is 0 Å². The van der Waals surface area contributed by atoms with Gasteiger partial charge in [0.1, 0.15) is 5.82 Å². The zero-order chi connectivity index (χ0) is 12.1. The van der Waals surface area contributed by atoms with E-state index in [1.807, 2.05) is 19.2 Å². The van der Waals surface area contributed by atoms with Crippen LogP contribution in [-0.2, 0) is 11.3 Å².